The molecular weight excluding hydrogens is 392 g/mol. The van der Waals surface area contributed by atoms with Gasteiger partial charge in [0.25, 0.3) is 11.8 Å². The Kier molecular flexibility index (Phi) is 8.09. The van der Waals surface area contributed by atoms with Crippen LogP contribution in [0, 0.1) is 6.92 Å². The highest BCUT2D eigenvalue weighted by molar-refractivity contribution is 6.31. The molecule has 2 N–H and O–H groups in total. The highest BCUT2D eigenvalue weighted by Crippen LogP contribution is 2.31. The van der Waals surface area contributed by atoms with E-state index in [0.717, 1.165) is 22.4 Å². The molecule has 2 amide bonds. The van der Waals surface area contributed by atoms with Crippen LogP contribution in [0.3, 0.4) is 0 Å². The van der Waals surface area contributed by atoms with E-state index in [0.29, 0.717) is 10.8 Å². The van der Waals surface area contributed by atoms with Crippen molar-refractivity contribution in [2.75, 3.05) is 13.7 Å². The van der Waals surface area contributed by atoms with Crippen LogP contribution in [0.1, 0.15) is 36.5 Å². The standard InChI is InChI=1S/C22H25ClN2O4/c1-14(2)18-12-19(23)15(3)11-20(18)29-13-22(27)25-24-21(26)10-7-16-5-8-17(28-4)9-6-16/h5-12,14H,13H2,1-4H3,(H,24,26)(H,25,27). The first-order valence-corrected chi connectivity index (χ1v) is 9.51. The number of carbonyl (C=O) groups is 2. The molecule has 2 rings (SSSR count). The highest BCUT2D eigenvalue weighted by atomic mass is 35.5. The smallest absolute Gasteiger partial charge is 0.276 e. The van der Waals surface area contributed by atoms with Gasteiger partial charge < -0.3 is 9.47 Å². The quantitative estimate of drug-likeness (QED) is 0.528. The van der Waals surface area contributed by atoms with E-state index in [1.54, 1.807) is 31.4 Å². The van der Waals surface area contributed by atoms with Crippen LogP contribution in [0.5, 0.6) is 11.5 Å². The van der Waals surface area contributed by atoms with Crippen molar-refractivity contribution in [1.82, 2.24) is 10.9 Å². The van der Waals surface area contributed by atoms with Crippen molar-refractivity contribution in [1.29, 1.82) is 0 Å². The van der Waals surface area contributed by atoms with Gasteiger partial charge in [0, 0.05) is 11.1 Å². The fraction of sp³-hybridized carbons (Fsp3) is 0.273. The van der Waals surface area contributed by atoms with Crippen LogP contribution in [-0.4, -0.2) is 25.5 Å². The molecule has 0 radical (unpaired) electrons. The second-order valence-electron chi connectivity index (χ2n) is 6.73. The zero-order chi connectivity index (χ0) is 21.4. The Morgan fingerprint density at radius 1 is 1.14 bits per heavy atom. The summed E-state index contributed by atoms with van der Waals surface area (Å²) < 4.78 is 10.7. The van der Waals surface area contributed by atoms with Crippen molar-refractivity contribution in [3.8, 4) is 11.5 Å². The van der Waals surface area contributed by atoms with Gasteiger partial charge in [-0.1, -0.05) is 37.6 Å². The van der Waals surface area contributed by atoms with Gasteiger partial charge in [-0.05, 0) is 59.9 Å². The molecule has 0 aromatic heterocycles. The first-order valence-electron chi connectivity index (χ1n) is 9.14. The van der Waals surface area contributed by atoms with Gasteiger partial charge in [0.15, 0.2) is 6.61 Å². The molecule has 29 heavy (non-hydrogen) atoms. The Balaban J connectivity index is 1.84. The number of benzene rings is 2. The molecule has 0 aliphatic carbocycles. The summed E-state index contributed by atoms with van der Waals surface area (Å²) >= 11 is 6.17. The van der Waals surface area contributed by atoms with Gasteiger partial charge >= 0.3 is 0 Å². The Hall–Kier alpha value is -2.99. The number of amides is 2. The number of nitrogens with one attached hydrogen (secondary N) is 2. The van der Waals surface area contributed by atoms with Crippen LogP contribution in [0.25, 0.3) is 6.08 Å². The number of methoxy groups -OCH3 is 1. The van der Waals surface area contributed by atoms with Crippen molar-refractivity contribution in [2.45, 2.75) is 26.7 Å². The van der Waals surface area contributed by atoms with Gasteiger partial charge in [-0.2, -0.15) is 0 Å². The summed E-state index contributed by atoms with van der Waals surface area (Å²) in [5.41, 5.74) is 7.25. The first kappa shape index (κ1) is 22.3. The van der Waals surface area contributed by atoms with E-state index < -0.39 is 11.8 Å². The minimum atomic E-state index is -0.474. The van der Waals surface area contributed by atoms with Gasteiger partial charge in [-0.15, -0.1) is 0 Å². The Labute approximate surface area is 175 Å². The normalized spacial score (nSPS) is 10.8. The predicted molar refractivity (Wildman–Crippen MR) is 114 cm³/mol. The maximum atomic E-state index is 12.0. The molecule has 0 spiro atoms. The molecule has 2 aromatic rings. The van der Waals surface area contributed by atoms with Crippen molar-refractivity contribution < 1.29 is 19.1 Å². The molecule has 7 heteroatoms. The third kappa shape index (κ3) is 6.84. The third-order valence-electron chi connectivity index (χ3n) is 4.14. The Morgan fingerprint density at radius 2 is 1.83 bits per heavy atom. The second-order valence-corrected chi connectivity index (χ2v) is 7.13. The van der Waals surface area contributed by atoms with E-state index in [1.807, 2.05) is 39.0 Å². The zero-order valence-corrected chi connectivity index (χ0v) is 17.7. The lowest BCUT2D eigenvalue weighted by molar-refractivity contribution is -0.128. The summed E-state index contributed by atoms with van der Waals surface area (Å²) in [6.45, 7) is 5.67. The molecule has 0 heterocycles. The highest BCUT2D eigenvalue weighted by Gasteiger charge is 2.13. The number of hydrogen-bond donors (Lipinski definition) is 2. The van der Waals surface area contributed by atoms with Crippen molar-refractivity contribution in [3.05, 3.63) is 64.2 Å². The number of aryl methyl sites for hydroxylation is 1. The maximum Gasteiger partial charge on any atom is 0.276 e. The summed E-state index contributed by atoms with van der Waals surface area (Å²) in [6.07, 6.45) is 2.95. The number of rotatable bonds is 7. The number of halogens is 1. The van der Waals surface area contributed by atoms with E-state index in [-0.39, 0.29) is 12.5 Å². The SMILES string of the molecule is COc1ccc(C=CC(=O)NNC(=O)COc2cc(C)c(Cl)cc2C(C)C)cc1. The molecule has 0 atom stereocenters. The lowest BCUT2D eigenvalue weighted by Crippen LogP contribution is -2.43. The second kappa shape index (κ2) is 10.5. The van der Waals surface area contributed by atoms with E-state index in [9.17, 15) is 9.59 Å². The van der Waals surface area contributed by atoms with Crippen molar-refractivity contribution >= 4 is 29.5 Å². The van der Waals surface area contributed by atoms with Crippen LogP contribution in [-0.2, 0) is 9.59 Å². The van der Waals surface area contributed by atoms with Gasteiger partial charge in [-0.25, -0.2) is 0 Å². The molecule has 0 unspecified atom stereocenters. The van der Waals surface area contributed by atoms with Gasteiger partial charge in [0.1, 0.15) is 11.5 Å². The average Bonchev–Trinajstić information content (AvgIpc) is 2.71. The molecule has 0 aliphatic heterocycles. The molecule has 0 aliphatic rings. The van der Waals surface area contributed by atoms with Crippen LogP contribution in [0.15, 0.2) is 42.5 Å². The molecule has 154 valence electrons. The van der Waals surface area contributed by atoms with E-state index in [4.69, 9.17) is 21.1 Å². The first-order chi connectivity index (χ1) is 13.8. The number of hydrogen-bond acceptors (Lipinski definition) is 4. The van der Waals surface area contributed by atoms with Crippen LogP contribution in [0.4, 0.5) is 0 Å². The van der Waals surface area contributed by atoms with E-state index in [1.165, 1.54) is 6.08 Å². The van der Waals surface area contributed by atoms with E-state index in [2.05, 4.69) is 10.9 Å². The molecule has 0 fully saturated rings. The molecule has 0 saturated carbocycles. The van der Waals surface area contributed by atoms with Crippen molar-refractivity contribution in [2.24, 2.45) is 0 Å². The fourth-order valence-corrected chi connectivity index (χ4v) is 2.66. The van der Waals surface area contributed by atoms with Gasteiger partial charge in [-0.3, -0.25) is 20.4 Å². The molecule has 6 nitrogen and oxygen atoms in total. The summed E-state index contributed by atoms with van der Waals surface area (Å²) in [6, 6.07) is 10.9. The van der Waals surface area contributed by atoms with E-state index >= 15 is 0 Å². The number of ether oxygens (including phenoxy) is 2. The molecule has 0 bridgehead atoms. The van der Waals surface area contributed by atoms with Crippen molar-refractivity contribution in [3.63, 3.8) is 0 Å². The van der Waals surface area contributed by atoms with Crippen LogP contribution >= 0.6 is 11.6 Å². The molecule has 2 aromatic carbocycles. The Morgan fingerprint density at radius 3 is 2.45 bits per heavy atom. The van der Waals surface area contributed by atoms with Crippen LogP contribution in [0.2, 0.25) is 5.02 Å². The third-order valence-corrected chi connectivity index (χ3v) is 4.55. The minimum Gasteiger partial charge on any atom is -0.497 e. The maximum absolute atomic E-state index is 12.0. The topological polar surface area (TPSA) is 76.7 Å². The van der Waals surface area contributed by atoms with Gasteiger partial charge in [0.2, 0.25) is 0 Å². The lowest BCUT2D eigenvalue weighted by Gasteiger charge is -2.16. The average molecular weight is 417 g/mol. The summed E-state index contributed by atoms with van der Waals surface area (Å²) in [5.74, 6) is 0.588. The van der Waals surface area contributed by atoms with Crippen LogP contribution < -0.4 is 20.3 Å². The lowest BCUT2D eigenvalue weighted by atomic mass is 10.0. The summed E-state index contributed by atoms with van der Waals surface area (Å²) in [4.78, 5) is 23.8. The largest absolute Gasteiger partial charge is 0.497 e. The Bertz CT molecular complexity index is 892. The fourth-order valence-electron chi connectivity index (χ4n) is 2.49. The van der Waals surface area contributed by atoms with Gasteiger partial charge in [0.05, 0.1) is 7.11 Å². The summed E-state index contributed by atoms with van der Waals surface area (Å²) in [7, 11) is 1.59. The predicted octanol–water partition coefficient (Wildman–Crippen LogP) is 4.02. The number of carbonyl (C=O) groups excluding carboxylic acids is 2. The zero-order valence-electron chi connectivity index (χ0n) is 16.9. The minimum absolute atomic E-state index is 0.189. The monoisotopic (exact) mass is 416 g/mol. The molecule has 0 saturated heterocycles. The molecular formula is C22H25ClN2O4. The summed E-state index contributed by atoms with van der Waals surface area (Å²) in [5, 5.41) is 0.654. The number of hydrazine groups is 1.